The second kappa shape index (κ2) is 7.40. The molecular weight excluding hydrogens is 400 g/mol. The number of halogens is 2. The smallest absolute Gasteiger partial charge is 0.255 e. The molecule has 0 heterocycles. The van der Waals surface area contributed by atoms with Crippen LogP contribution in [0.25, 0.3) is 0 Å². The van der Waals surface area contributed by atoms with Crippen molar-refractivity contribution in [1.82, 2.24) is 10.2 Å². The van der Waals surface area contributed by atoms with Crippen LogP contribution in [0.4, 0.5) is 0 Å². The predicted octanol–water partition coefficient (Wildman–Crippen LogP) is 3.59. The van der Waals surface area contributed by atoms with Gasteiger partial charge < -0.3 is 10.2 Å². The molecule has 1 rings (SSSR count). The molecule has 0 fully saturated rings. The standard InChI is InChI=1S/C15H20Br2N2O2/c1-5-19(9-13(20)18-15(2,3)4)14(21)11-7-6-10(16)8-12(11)17/h6-8H,5,9H2,1-4H3,(H,18,20). The zero-order valence-electron chi connectivity index (χ0n) is 12.7. The number of likely N-dealkylation sites (N-methyl/N-ethyl adjacent to an activating group) is 1. The van der Waals surface area contributed by atoms with E-state index in [0.29, 0.717) is 16.6 Å². The first-order valence-electron chi connectivity index (χ1n) is 6.69. The quantitative estimate of drug-likeness (QED) is 0.810. The third-order valence-electron chi connectivity index (χ3n) is 2.68. The molecule has 0 aliphatic carbocycles. The van der Waals surface area contributed by atoms with Gasteiger partial charge in [0.05, 0.1) is 12.1 Å². The second-order valence-electron chi connectivity index (χ2n) is 5.74. The van der Waals surface area contributed by atoms with Gasteiger partial charge in [-0.3, -0.25) is 9.59 Å². The van der Waals surface area contributed by atoms with Crippen molar-refractivity contribution in [3.63, 3.8) is 0 Å². The number of nitrogens with one attached hydrogen (secondary N) is 1. The number of hydrogen-bond acceptors (Lipinski definition) is 2. The van der Waals surface area contributed by atoms with Crippen LogP contribution in [0, 0.1) is 0 Å². The van der Waals surface area contributed by atoms with Crippen LogP contribution in [-0.4, -0.2) is 35.3 Å². The average molecular weight is 420 g/mol. The van der Waals surface area contributed by atoms with E-state index in [4.69, 9.17) is 0 Å². The van der Waals surface area contributed by atoms with Crippen molar-refractivity contribution in [3.05, 3.63) is 32.7 Å². The van der Waals surface area contributed by atoms with Crippen LogP contribution in [0.15, 0.2) is 27.1 Å². The summed E-state index contributed by atoms with van der Waals surface area (Å²) in [5.74, 6) is -0.327. The summed E-state index contributed by atoms with van der Waals surface area (Å²) in [6.07, 6.45) is 0. The molecular formula is C15H20Br2N2O2. The van der Waals surface area contributed by atoms with E-state index in [1.54, 1.807) is 12.1 Å². The van der Waals surface area contributed by atoms with Crippen molar-refractivity contribution >= 4 is 43.7 Å². The summed E-state index contributed by atoms with van der Waals surface area (Å²) < 4.78 is 1.59. The Morgan fingerprint density at radius 3 is 2.33 bits per heavy atom. The molecule has 0 radical (unpaired) electrons. The van der Waals surface area contributed by atoms with Gasteiger partial charge in [0.2, 0.25) is 5.91 Å². The van der Waals surface area contributed by atoms with Gasteiger partial charge in [-0.25, -0.2) is 0 Å². The second-order valence-corrected chi connectivity index (χ2v) is 7.51. The van der Waals surface area contributed by atoms with Crippen LogP contribution >= 0.6 is 31.9 Å². The van der Waals surface area contributed by atoms with Crippen LogP contribution in [0.5, 0.6) is 0 Å². The van der Waals surface area contributed by atoms with E-state index < -0.39 is 0 Å². The first kappa shape index (κ1) is 18.2. The summed E-state index contributed by atoms with van der Waals surface area (Å²) in [6, 6.07) is 5.36. The average Bonchev–Trinajstić information content (AvgIpc) is 2.33. The minimum absolute atomic E-state index is 0.0507. The molecule has 1 aromatic carbocycles. The summed E-state index contributed by atoms with van der Waals surface area (Å²) in [7, 11) is 0. The minimum Gasteiger partial charge on any atom is -0.350 e. The van der Waals surface area contributed by atoms with Gasteiger partial charge in [0.15, 0.2) is 0 Å². The largest absolute Gasteiger partial charge is 0.350 e. The van der Waals surface area contributed by atoms with Gasteiger partial charge in [0, 0.05) is 21.0 Å². The Labute approximate surface area is 142 Å². The van der Waals surface area contributed by atoms with E-state index in [1.165, 1.54) is 4.90 Å². The molecule has 0 atom stereocenters. The van der Waals surface area contributed by atoms with E-state index >= 15 is 0 Å². The highest BCUT2D eigenvalue weighted by Gasteiger charge is 2.21. The molecule has 0 unspecified atom stereocenters. The van der Waals surface area contributed by atoms with Crippen LogP contribution < -0.4 is 5.32 Å². The molecule has 21 heavy (non-hydrogen) atoms. The van der Waals surface area contributed by atoms with Gasteiger partial charge in [-0.1, -0.05) is 15.9 Å². The van der Waals surface area contributed by atoms with Crippen LogP contribution in [-0.2, 0) is 4.79 Å². The Balaban J connectivity index is 2.84. The van der Waals surface area contributed by atoms with Crippen LogP contribution in [0.1, 0.15) is 38.1 Å². The topological polar surface area (TPSA) is 49.4 Å². The lowest BCUT2D eigenvalue weighted by atomic mass is 10.1. The molecule has 0 saturated heterocycles. The molecule has 0 aliphatic rings. The number of amides is 2. The van der Waals surface area contributed by atoms with Crippen molar-refractivity contribution in [1.29, 1.82) is 0 Å². The molecule has 2 amide bonds. The zero-order chi connectivity index (χ0) is 16.2. The van der Waals surface area contributed by atoms with E-state index in [9.17, 15) is 9.59 Å². The van der Waals surface area contributed by atoms with Crippen molar-refractivity contribution < 1.29 is 9.59 Å². The van der Waals surface area contributed by atoms with Gasteiger partial charge in [-0.05, 0) is 61.8 Å². The number of rotatable bonds is 4. The molecule has 0 saturated carbocycles. The zero-order valence-corrected chi connectivity index (χ0v) is 15.8. The first-order chi connectivity index (χ1) is 9.64. The number of benzene rings is 1. The summed E-state index contributed by atoms with van der Waals surface area (Å²) in [5, 5.41) is 2.86. The molecule has 0 bridgehead atoms. The number of carbonyl (C=O) groups excluding carboxylic acids is 2. The highest BCUT2D eigenvalue weighted by Crippen LogP contribution is 2.23. The highest BCUT2D eigenvalue weighted by atomic mass is 79.9. The maximum absolute atomic E-state index is 12.5. The van der Waals surface area contributed by atoms with E-state index in [2.05, 4.69) is 37.2 Å². The Morgan fingerprint density at radius 1 is 1.24 bits per heavy atom. The number of nitrogens with zero attached hydrogens (tertiary/aromatic N) is 1. The molecule has 0 aromatic heterocycles. The summed E-state index contributed by atoms with van der Waals surface area (Å²) in [6.45, 7) is 8.11. The van der Waals surface area contributed by atoms with Gasteiger partial charge in [0.1, 0.15) is 0 Å². The van der Waals surface area contributed by atoms with E-state index in [-0.39, 0.29) is 23.9 Å². The highest BCUT2D eigenvalue weighted by molar-refractivity contribution is 9.11. The maximum atomic E-state index is 12.5. The van der Waals surface area contributed by atoms with Gasteiger partial charge in [0.25, 0.3) is 5.91 Å². The normalized spacial score (nSPS) is 11.1. The van der Waals surface area contributed by atoms with Gasteiger partial charge in [-0.2, -0.15) is 0 Å². The Kier molecular flexibility index (Phi) is 6.41. The number of carbonyl (C=O) groups is 2. The minimum atomic E-state index is -0.308. The van der Waals surface area contributed by atoms with Crippen molar-refractivity contribution in [2.24, 2.45) is 0 Å². The van der Waals surface area contributed by atoms with E-state index in [1.807, 2.05) is 33.8 Å². The molecule has 1 N–H and O–H groups in total. The Bertz CT molecular complexity index is 539. The third-order valence-corrected chi connectivity index (χ3v) is 3.83. The Hall–Kier alpha value is -0.880. The molecule has 0 spiro atoms. The molecule has 6 heteroatoms. The lowest BCUT2D eigenvalue weighted by Crippen LogP contribution is -2.47. The molecule has 0 aliphatic heterocycles. The Morgan fingerprint density at radius 2 is 1.86 bits per heavy atom. The van der Waals surface area contributed by atoms with Crippen molar-refractivity contribution in [2.75, 3.05) is 13.1 Å². The van der Waals surface area contributed by atoms with Crippen molar-refractivity contribution in [3.8, 4) is 0 Å². The van der Waals surface area contributed by atoms with Gasteiger partial charge >= 0.3 is 0 Å². The van der Waals surface area contributed by atoms with Crippen LogP contribution in [0.2, 0.25) is 0 Å². The maximum Gasteiger partial charge on any atom is 0.255 e. The fraction of sp³-hybridized carbons (Fsp3) is 0.467. The van der Waals surface area contributed by atoms with Crippen LogP contribution in [0.3, 0.4) is 0 Å². The molecule has 4 nitrogen and oxygen atoms in total. The third kappa shape index (κ3) is 5.79. The SMILES string of the molecule is CCN(CC(=O)NC(C)(C)C)C(=O)c1ccc(Br)cc1Br. The predicted molar refractivity (Wildman–Crippen MR) is 91.3 cm³/mol. The van der Waals surface area contributed by atoms with Crippen molar-refractivity contribution in [2.45, 2.75) is 33.2 Å². The first-order valence-corrected chi connectivity index (χ1v) is 8.28. The summed E-state index contributed by atoms with van der Waals surface area (Å²) in [5.41, 5.74) is 0.237. The lowest BCUT2D eigenvalue weighted by molar-refractivity contribution is -0.123. The lowest BCUT2D eigenvalue weighted by Gasteiger charge is -2.25. The number of hydrogen-bond donors (Lipinski definition) is 1. The summed E-state index contributed by atoms with van der Waals surface area (Å²) >= 11 is 6.74. The summed E-state index contributed by atoms with van der Waals surface area (Å²) in [4.78, 5) is 26.0. The fourth-order valence-corrected chi connectivity index (χ4v) is 3.01. The van der Waals surface area contributed by atoms with E-state index in [0.717, 1.165) is 4.47 Å². The fourth-order valence-electron chi connectivity index (χ4n) is 1.79. The van der Waals surface area contributed by atoms with Gasteiger partial charge in [-0.15, -0.1) is 0 Å². The molecule has 1 aromatic rings. The monoisotopic (exact) mass is 418 g/mol. The molecule has 116 valence electrons.